The molecule has 46 heavy (non-hydrogen) atoms. The molecule has 0 radical (unpaired) electrons. The second kappa shape index (κ2) is 39.5. The molecule has 0 saturated heterocycles. The zero-order chi connectivity index (χ0) is 33.4. The van der Waals surface area contributed by atoms with E-state index in [0.717, 1.165) is 63.9 Å². The van der Waals surface area contributed by atoms with Crippen LogP contribution in [0, 0.1) is 0 Å². The van der Waals surface area contributed by atoms with Gasteiger partial charge in [-0.2, -0.15) is 0 Å². The zero-order valence-electron chi connectivity index (χ0n) is 30.1. The Morgan fingerprint density at radius 3 is 0.717 bits per heavy atom. The van der Waals surface area contributed by atoms with E-state index in [2.05, 4.69) is 0 Å². The Labute approximate surface area is 284 Å². The standard InChI is InChI=1S/C40H74O6/c41-35-29-25-21-17-13-9-5-1-3-7-11-15-19-23-27-31-37-45-39(43)33-34-40(44)46-38-32-28-24-20-16-12-8-4-2-6-10-14-18-22-26-30-36-42/h35-36H,1-34,37-38H2. The summed E-state index contributed by atoms with van der Waals surface area (Å²) in [5.41, 5.74) is 0. The van der Waals surface area contributed by atoms with Gasteiger partial charge in [-0.3, -0.25) is 9.59 Å². The van der Waals surface area contributed by atoms with Gasteiger partial charge < -0.3 is 19.1 Å². The molecule has 6 heteroatoms. The normalized spacial score (nSPS) is 11.0. The number of hydrogen-bond donors (Lipinski definition) is 0. The summed E-state index contributed by atoms with van der Waals surface area (Å²) < 4.78 is 10.6. The van der Waals surface area contributed by atoms with Crippen molar-refractivity contribution in [1.29, 1.82) is 0 Å². The van der Waals surface area contributed by atoms with Crippen LogP contribution in [0.2, 0.25) is 0 Å². The highest BCUT2D eigenvalue weighted by Crippen LogP contribution is 2.15. The van der Waals surface area contributed by atoms with Crippen molar-refractivity contribution < 1.29 is 28.7 Å². The molecule has 0 aromatic heterocycles. The van der Waals surface area contributed by atoms with Gasteiger partial charge in [0, 0.05) is 12.8 Å². The molecule has 0 aliphatic carbocycles. The fourth-order valence-corrected chi connectivity index (χ4v) is 5.98. The first kappa shape index (κ1) is 44.3. The Balaban J connectivity index is 3.26. The van der Waals surface area contributed by atoms with Crippen molar-refractivity contribution in [2.24, 2.45) is 0 Å². The quantitative estimate of drug-likeness (QED) is 0.0374. The Hall–Kier alpha value is -1.72. The molecule has 6 nitrogen and oxygen atoms in total. The van der Waals surface area contributed by atoms with Crippen LogP contribution in [0.25, 0.3) is 0 Å². The first-order valence-electron chi connectivity index (χ1n) is 19.9. The molecule has 0 amide bonds. The van der Waals surface area contributed by atoms with Crippen LogP contribution >= 0.6 is 0 Å². The molecule has 0 aromatic rings. The Bertz CT molecular complexity index is 608. The monoisotopic (exact) mass is 651 g/mol. The average molecular weight is 651 g/mol. The van der Waals surface area contributed by atoms with Gasteiger partial charge >= 0.3 is 11.9 Å². The van der Waals surface area contributed by atoms with E-state index < -0.39 is 0 Å². The van der Waals surface area contributed by atoms with Crippen molar-refractivity contribution in [1.82, 2.24) is 0 Å². The van der Waals surface area contributed by atoms with Crippen molar-refractivity contribution in [3.63, 3.8) is 0 Å². The van der Waals surface area contributed by atoms with E-state index >= 15 is 0 Å². The lowest BCUT2D eigenvalue weighted by Gasteiger charge is -2.07. The van der Waals surface area contributed by atoms with Gasteiger partial charge in [-0.15, -0.1) is 0 Å². The number of carbonyl (C=O) groups is 4. The molecule has 0 aliphatic rings. The van der Waals surface area contributed by atoms with E-state index in [1.54, 1.807) is 0 Å². The molecule has 0 atom stereocenters. The topological polar surface area (TPSA) is 86.7 Å². The van der Waals surface area contributed by atoms with Gasteiger partial charge in [0.15, 0.2) is 0 Å². The van der Waals surface area contributed by atoms with Gasteiger partial charge in [-0.1, -0.05) is 167 Å². The summed E-state index contributed by atoms with van der Waals surface area (Å²) in [5, 5.41) is 0. The molecule has 0 heterocycles. The Morgan fingerprint density at radius 2 is 0.500 bits per heavy atom. The number of ether oxygens (including phenoxy) is 2. The molecular weight excluding hydrogens is 576 g/mol. The van der Waals surface area contributed by atoms with E-state index in [9.17, 15) is 19.2 Å². The molecule has 0 aromatic carbocycles. The predicted molar refractivity (Wildman–Crippen MR) is 191 cm³/mol. The summed E-state index contributed by atoms with van der Waals surface area (Å²) >= 11 is 0. The largest absolute Gasteiger partial charge is 0.466 e. The van der Waals surface area contributed by atoms with Gasteiger partial charge in [-0.25, -0.2) is 0 Å². The van der Waals surface area contributed by atoms with Gasteiger partial charge in [0.25, 0.3) is 0 Å². The molecule has 0 spiro atoms. The first-order chi connectivity index (χ1) is 22.7. The third kappa shape index (κ3) is 38.5. The number of unbranched alkanes of at least 4 members (excludes halogenated alkanes) is 30. The van der Waals surface area contributed by atoms with Crippen LogP contribution in [0.15, 0.2) is 0 Å². The zero-order valence-corrected chi connectivity index (χ0v) is 30.1. The highest BCUT2D eigenvalue weighted by atomic mass is 16.5. The lowest BCUT2D eigenvalue weighted by Crippen LogP contribution is -2.11. The molecule has 0 bridgehead atoms. The summed E-state index contributed by atoms with van der Waals surface area (Å²) in [4.78, 5) is 44.4. The van der Waals surface area contributed by atoms with Crippen molar-refractivity contribution >= 4 is 24.5 Å². The SMILES string of the molecule is O=CCCCCCCCCCCCCCCCCCOC(=O)CCC(=O)OCCCCCCCCCCCCCCCCCC=O. The fraction of sp³-hybridized carbons (Fsp3) is 0.900. The lowest BCUT2D eigenvalue weighted by atomic mass is 10.0. The number of carbonyl (C=O) groups excluding carboxylic acids is 4. The van der Waals surface area contributed by atoms with Crippen LogP contribution in [-0.2, 0) is 28.7 Å². The second-order valence-corrected chi connectivity index (χ2v) is 13.5. The Morgan fingerprint density at radius 1 is 0.304 bits per heavy atom. The van der Waals surface area contributed by atoms with E-state index in [1.807, 2.05) is 0 Å². The fourth-order valence-electron chi connectivity index (χ4n) is 5.98. The number of hydrogen-bond acceptors (Lipinski definition) is 6. The van der Waals surface area contributed by atoms with E-state index in [0.29, 0.717) is 13.2 Å². The minimum atomic E-state index is -0.294. The maximum Gasteiger partial charge on any atom is 0.306 e. The highest BCUT2D eigenvalue weighted by Gasteiger charge is 2.09. The van der Waals surface area contributed by atoms with Crippen LogP contribution in [0.5, 0.6) is 0 Å². The Kier molecular flexibility index (Phi) is 38.0. The number of aldehydes is 2. The third-order valence-electron chi connectivity index (χ3n) is 8.99. The van der Waals surface area contributed by atoms with E-state index in [1.165, 1.54) is 154 Å². The van der Waals surface area contributed by atoms with Gasteiger partial charge in [0.05, 0.1) is 26.1 Å². The highest BCUT2D eigenvalue weighted by molar-refractivity contribution is 5.77. The van der Waals surface area contributed by atoms with Crippen LogP contribution in [0.3, 0.4) is 0 Å². The van der Waals surface area contributed by atoms with Crippen molar-refractivity contribution in [2.75, 3.05) is 13.2 Å². The van der Waals surface area contributed by atoms with Gasteiger partial charge in [0.1, 0.15) is 12.6 Å². The van der Waals surface area contributed by atoms with Crippen LogP contribution in [0.1, 0.15) is 218 Å². The molecule has 0 aliphatic heterocycles. The minimum Gasteiger partial charge on any atom is -0.466 e. The summed E-state index contributed by atoms with van der Waals surface area (Å²) in [7, 11) is 0. The van der Waals surface area contributed by atoms with Crippen LogP contribution in [0.4, 0.5) is 0 Å². The second-order valence-electron chi connectivity index (χ2n) is 13.5. The molecule has 0 N–H and O–H groups in total. The average Bonchev–Trinajstić information content (AvgIpc) is 3.06. The molecule has 0 fully saturated rings. The molecular formula is C40H74O6. The molecule has 0 saturated carbocycles. The van der Waals surface area contributed by atoms with Crippen molar-refractivity contribution in [3.05, 3.63) is 0 Å². The minimum absolute atomic E-state index is 0.114. The summed E-state index contributed by atoms with van der Waals surface area (Å²) in [6, 6.07) is 0. The first-order valence-corrected chi connectivity index (χ1v) is 19.9. The van der Waals surface area contributed by atoms with Gasteiger partial charge in [-0.05, 0) is 25.7 Å². The van der Waals surface area contributed by atoms with Crippen LogP contribution < -0.4 is 0 Å². The summed E-state index contributed by atoms with van der Waals surface area (Å²) in [5.74, 6) is -0.588. The van der Waals surface area contributed by atoms with Crippen molar-refractivity contribution in [3.8, 4) is 0 Å². The lowest BCUT2D eigenvalue weighted by molar-refractivity contribution is -0.150. The van der Waals surface area contributed by atoms with Crippen LogP contribution in [-0.4, -0.2) is 37.7 Å². The van der Waals surface area contributed by atoms with E-state index in [4.69, 9.17) is 9.47 Å². The van der Waals surface area contributed by atoms with E-state index in [-0.39, 0.29) is 24.8 Å². The van der Waals surface area contributed by atoms with Gasteiger partial charge in [0.2, 0.25) is 0 Å². The summed E-state index contributed by atoms with van der Waals surface area (Å²) in [6.07, 6.45) is 41.0. The molecule has 270 valence electrons. The maximum atomic E-state index is 11.9. The number of esters is 2. The maximum absolute atomic E-state index is 11.9. The molecule has 0 unspecified atom stereocenters. The molecule has 0 rings (SSSR count). The summed E-state index contributed by atoms with van der Waals surface area (Å²) in [6.45, 7) is 0.909. The smallest absolute Gasteiger partial charge is 0.306 e. The van der Waals surface area contributed by atoms with Crippen molar-refractivity contribution in [2.45, 2.75) is 218 Å². The predicted octanol–water partition coefficient (Wildman–Crippen LogP) is 11.7. The third-order valence-corrected chi connectivity index (χ3v) is 8.99. The number of rotatable bonds is 39.